The molecular formula is C19H19N3O2. The number of hydrogen-bond donors (Lipinski definition) is 1. The molecule has 5 heteroatoms. The van der Waals surface area contributed by atoms with Crippen molar-refractivity contribution in [1.82, 2.24) is 14.7 Å². The smallest absolute Gasteiger partial charge is 0.227 e. The predicted molar refractivity (Wildman–Crippen MR) is 90.9 cm³/mol. The highest BCUT2D eigenvalue weighted by atomic mass is 16.5. The molecule has 3 heterocycles. The standard InChI is InChI=1S/C19H19N3O2/c1-13-6-7-22-11-16(21-18(22)8-13)10-20-19(23)15-9-14-4-2-3-5-17(14)24-12-15/h2-8,11,15H,9-10,12H2,1H3,(H,20,23)/t15-/m0/s1. The number of carbonyl (C=O) groups excluding carboxylic acids is 1. The van der Waals surface area contributed by atoms with Crippen molar-refractivity contribution in [3.63, 3.8) is 0 Å². The second kappa shape index (κ2) is 6.00. The molecule has 1 atom stereocenters. The Morgan fingerprint density at radius 2 is 2.25 bits per heavy atom. The number of imidazole rings is 1. The van der Waals surface area contributed by atoms with Crippen LogP contribution in [0.4, 0.5) is 0 Å². The molecule has 0 saturated carbocycles. The highest BCUT2D eigenvalue weighted by Gasteiger charge is 2.25. The number of benzene rings is 1. The van der Waals surface area contributed by atoms with Gasteiger partial charge in [0, 0.05) is 12.4 Å². The molecule has 122 valence electrons. The fraction of sp³-hybridized carbons (Fsp3) is 0.263. The second-order valence-corrected chi connectivity index (χ2v) is 6.24. The average molecular weight is 321 g/mol. The van der Waals surface area contributed by atoms with E-state index in [1.165, 1.54) is 5.56 Å². The van der Waals surface area contributed by atoms with E-state index in [2.05, 4.69) is 10.3 Å². The largest absolute Gasteiger partial charge is 0.492 e. The molecule has 0 saturated heterocycles. The van der Waals surface area contributed by atoms with Crippen molar-refractivity contribution in [3.8, 4) is 5.75 Å². The van der Waals surface area contributed by atoms with Crippen LogP contribution in [0.15, 0.2) is 48.8 Å². The molecule has 0 spiro atoms. The van der Waals surface area contributed by atoms with Gasteiger partial charge < -0.3 is 14.5 Å². The molecule has 1 aliphatic rings. The van der Waals surface area contributed by atoms with E-state index < -0.39 is 0 Å². The van der Waals surface area contributed by atoms with Gasteiger partial charge in [-0.15, -0.1) is 0 Å². The molecule has 1 N–H and O–H groups in total. The maximum absolute atomic E-state index is 12.4. The third kappa shape index (κ3) is 2.85. The van der Waals surface area contributed by atoms with Gasteiger partial charge >= 0.3 is 0 Å². The number of amides is 1. The molecule has 1 aromatic carbocycles. The Balaban J connectivity index is 1.41. The zero-order valence-electron chi connectivity index (χ0n) is 13.5. The molecule has 0 fully saturated rings. The van der Waals surface area contributed by atoms with E-state index in [9.17, 15) is 4.79 Å². The Morgan fingerprint density at radius 3 is 3.17 bits per heavy atom. The molecule has 24 heavy (non-hydrogen) atoms. The topological polar surface area (TPSA) is 55.6 Å². The summed E-state index contributed by atoms with van der Waals surface area (Å²) in [6.07, 6.45) is 4.64. The third-order valence-corrected chi connectivity index (χ3v) is 4.36. The minimum Gasteiger partial charge on any atom is -0.492 e. The van der Waals surface area contributed by atoms with Gasteiger partial charge in [-0.05, 0) is 42.7 Å². The molecule has 0 aliphatic carbocycles. The summed E-state index contributed by atoms with van der Waals surface area (Å²) >= 11 is 0. The van der Waals surface area contributed by atoms with E-state index in [1.807, 2.05) is 60.1 Å². The van der Waals surface area contributed by atoms with Crippen LogP contribution in [0.25, 0.3) is 5.65 Å². The van der Waals surface area contributed by atoms with Crippen LogP contribution in [0.5, 0.6) is 5.75 Å². The zero-order valence-corrected chi connectivity index (χ0v) is 13.5. The van der Waals surface area contributed by atoms with Crippen molar-refractivity contribution >= 4 is 11.6 Å². The van der Waals surface area contributed by atoms with Gasteiger partial charge in [0.25, 0.3) is 0 Å². The number of hydrogen-bond acceptors (Lipinski definition) is 3. The number of rotatable bonds is 3. The Bertz CT molecular complexity index is 901. The van der Waals surface area contributed by atoms with Gasteiger partial charge in [0.05, 0.1) is 18.2 Å². The summed E-state index contributed by atoms with van der Waals surface area (Å²) in [5, 5.41) is 2.98. The lowest BCUT2D eigenvalue weighted by Crippen LogP contribution is -2.37. The number of carbonyl (C=O) groups is 1. The summed E-state index contributed by atoms with van der Waals surface area (Å²) < 4.78 is 7.66. The quantitative estimate of drug-likeness (QED) is 0.806. The van der Waals surface area contributed by atoms with Gasteiger partial charge in [-0.1, -0.05) is 18.2 Å². The van der Waals surface area contributed by atoms with Crippen LogP contribution in [0.2, 0.25) is 0 Å². The average Bonchev–Trinajstić information content (AvgIpc) is 3.01. The first-order valence-electron chi connectivity index (χ1n) is 8.12. The molecular weight excluding hydrogens is 302 g/mol. The van der Waals surface area contributed by atoms with Gasteiger partial charge in [0.2, 0.25) is 5.91 Å². The van der Waals surface area contributed by atoms with E-state index in [4.69, 9.17) is 4.74 Å². The van der Waals surface area contributed by atoms with Crippen molar-refractivity contribution in [2.45, 2.75) is 19.9 Å². The summed E-state index contributed by atoms with van der Waals surface area (Å²) in [4.78, 5) is 17.0. The first-order chi connectivity index (χ1) is 11.7. The van der Waals surface area contributed by atoms with Gasteiger partial charge in [-0.3, -0.25) is 4.79 Å². The van der Waals surface area contributed by atoms with Crippen molar-refractivity contribution < 1.29 is 9.53 Å². The Hall–Kier alpha value is -2.82. The van der Waals surface area contributed by atoms with E-state index in [-0.39, 0.29) is 11.8 Å². The number of pyridine rings is 1. The number of fused-ring (bicyclic) bond motifs is 2. The number of aryl methyl sites for hydroxylation is 1. The lowest BCUT2D eigenvalue weighted by molar-refractivity contribution is -0.126. The lowest BCUT2D eigenvalue weighted by Gasteiger charge is -2.24. The zero-order chi connectivity index (χ0) is 16.5. The Morgan fingerprint density at radius 1 is 1.38 bits per heavy atom. The van der Waals surface area contributed by atoms with Crippen LogP contribution >= 0.6 is 0 Å². The van der Waals surface area contributed by atoms with Crippen molar-refractivity contribution in [2.24, 2.45) is 5.92 Å². The van der Waals surface area contributed by atoms with Crippen molar-refractivity contribution in [1.29, 1.82) is 0 Å². The summed E-state index contributed by atoms with van der Waals surface area (Å²) in [5.41, 5.74) is 4.01. The number of ether oxygens (including phenoxy) is 1. The maximum Gasteiger partial charge on any atom is 0.227 e. The molecule has 0 bridgehead atoms. The van der Waals surface area contributed by atoms with E-state index in [0.717, 1.165) is 22.7 Å². The van der Waals surface area contributed by atoms with Crippen molar-refractivity contribution in [3.05, 3.63) is 65.6 Å². The highest BCUT2D eigenvalue weighted by molar-refractivity contribution is 5.79. The molecule has 0 unspecified atom stereocenters. The minimum absolute atomic E-state index is 0.0118. The summed E-state index contributed by atoms with van der Waals surface area (Å²) in [7, 11) is 0. The fourth-order valence-corrected chi connectivity index (χ4v) is 3.04. The van der Waals surface area contributed by atoms with E-state index in [0.29, 0.717) is 19.6 Å². The van der Waals surface area contributed by atoms with Crippen LogP contribution in [-0.2, 0) is 17.8 Å². The summed E-state index contributed by atoms with van der Waals surface area (Å²) in [6.45, 7) is 2.89. The maximum atomic E-state index is 12.4. The molecule has 0 radical (unpaired) electrons. The predicted octanol–water partition coefficient (Wildman–Crippen LogP) is 2.51. The van der Waals surface area contributed by atoms with Crippen LogP contribution in [0.3, 0.4) is 0 Å². The van der Waals surface area contributed by atoms with Crippen molar-refractivity contribution in [2.75, 3.05) is 6.61 Å². The SMILES string of the molecule is Cc1ccn2cc(CNC(=O)[C@@H]3COc4ccccc4C3)nc2c1. The molecule has 1 amide bonds. The molecule has 1 aliphatic heterocycles. The molecule has 5 nitrogen and oxygen atoms in total. The summed E-state index contributed by atoms with van der Waals surface area (Å²) in [5.74, 6) is 0.745. The van der Waals surface area contributed by atoms with Crippen LogP contribution in [0.1, 0.15) is 16.8 Å². The van der Waals surface area contributed by atoms with Crippen LogP contribution in [-0.4, -0.2) is 21.9 Å². The molecule has 4 rings (SSSR count). The highest BCUT2D eigenvalue weighted by Crippen LogP contribution is 2.26. The molecule has 2 aromatic heterocycles. The number of nitrogens with one attached hydrogen (secondary N) is 1. The first-order valence-corrected chi connectivity index (χ1v) is 8.12. The second-order valence-electron chi connectivity index (χ2n) is 6.24. The Labute approximate surface area is 140 Å². The van der Waals surface area contributed by atoms with Gasteiger partial charge in [0.15, 0.2) is 0 Å². The Kier molecular flexibility index (Phi) is 3.69. The van der Waals surface area contributed by atoms with E-state index in [1.54, 1.807) is 0 Å². The van der Waals surface area contributed by atoms with Gasteiger partial charge in [-0.2, -0.15) is 0 Å². The third-order valence-electron chi connectivity index (χ3n) is 4.36. The normalized spacial score (nSPS) is 16.5. The summed E-state index contributed by atoms with van der Waals surface area (Å²) in [6, 6.07) is 11.9. The lowest BCUT2D eigenvalue weighted by atomic mass is 9.96. The number of aromatic nitrogens is 2. The first kappa shape index (κ1) is 14.8. The molecule has 3 aromatic rings. The van der Waals surface area contributed by atoms with E-state index >= 15 is 0 Å². The van der Waals surface area contributed by atoms with Crippen LogP contribution in [0, 0.1) is 12.8 Å². The van der Waals surface area contributed by atoms with Crippen LogP contribution < -0.4 is 10.1 Å². The monoisotopic (exact) mass is 321 g/mol. The van der Waals surface area contributed by atoms with Gasteiger partial charge in [0.1, 0.15) is 18.0 Å². The number of para-hydroxylation sites is 1. The minimum atomic E-state index is -0.154. The fourth-order valence-electron chi connectivity index (χ4n) is 3.04. The number of nitrogens with zero attached hydrogens (tertiary/aromatic N) is 2. The van der Waals surface area contributed by atoms with Gasteiger partial charge in [-0.25, -0.2) is 4.98 Å².